The molecule has 1 aromatic heterocycles. The molecule has 0 aliphatic carbocycles. The maximum Gasteiger partial charge on any atom is 0.311 e. The zero-order valence-electron chi connectivity index (χ0n) is 14.9. The summed E-state index contributed by atoms with van der Waals surface area (Å²) >= 11 is 0. The number of aryl methyl sites for hydroxylation is 1. The number of carboxylic acids is 1. The molecule has 142 valence electrons. The van der Waals surface area contributed by atoms with Gasteiger partial charge in [0.25, 0.3) is 5.91 Å². The van der Waals surface area contributed by atoms with Crippen LogP contribution in [-0.4, -0.2) is 58.0 Å². The van der Waals surface area contributed by atoms with E-state index in [0.717, 1.165) is 0 Å². The highest BCUT2D eigenvalue weighted by molar-refractivity contribution is 5.94. The summed E-state index contributed by atoms with van der Waals surface area (Å²) in [6.45, 7) is 3.02. The van der Waals surface area contributed by atoms with Crippen LogP contribution in [0, 0.1) is 24.1 Å². The zero-order valence-corrected chi connectivity index (χ0v) is 14.9. The number of fused-ring (bicyclic) bond motifs is 1. The fraction of sp³-hybridized carbons (Fsp3) is 0.421. The van der Waals surface area contributed by atoms with Crippen molar-refractivity contribution < 1.29 is 23.8 Å². The van der Waals surface area contributed by atoms with Gasteiger partial charge in [-0.25, -0.2) is 9.07 Å². The van der Waals surface area contributed by atoms with Crippen LogP contribution < -0.4 is 0 Å². The minimum Gasteiger partial charge on any atom is -0.481 e. The molecule has 0 radical (unpaired) electrons. The Morgan fingerprint density at radius 2 is 2.07 bits per heavy atom. The molecule has 4 rings (SSSR count). The third-order valence-corrected chi connectivity index (χ3v) is 5.61. The molecule has 2 fully saturated rings. The van der Waals surface area contributed by atoms with Crippen LogP contribution in [0.4, 0.5) is 4.39 Å². The molecular weight excluding hydrogens is 353 g/mol. The molecule has 1 amide bonds. The normalized spacial score (nSPS) is 24.7. The Balaban J connectivity index is 1.60. The second-order valence-electron chi connectivity index (χ2n) is 7.25. The highest BCUT2D eigenvalue weighted by Gasteiger charge is 2.55. The molecule has 0 spiro atoms. The van der Waals surface area contributed by atoms with E-state index in [0.29, 0.717) is 37.4 Å². The van der Waals surface area contributed by atoms with E-state index in [2.05, 4.69) is 5.10 Å². The van der Waals surface area contributed by atoms with Crippen LogP contribution >= 0.6 is 0 Å². The minimum absolute atomic E-state index is 0.165. The fourth-order valence-corrected chi connectivity index (χ4v) is 4.00. The molecule has 2 aliphatic rings. The summed E-state index contributed by atoms with van der Waals surface area (Å²) in [4.78, 5) is 26.5. The van der Waals surface area contributed by atoms with E-state index in [-0.39, 0.29) is 29.9 Å². The first-order valence-electron chi connectivity index (χ1n) is 8.83. The molecule has 3 heterocycles. The SMILES string of the molecule is Cc1cn(-c2ccc(F)cc2)nc1C(=O)N1C[C@H]2COCC[C@@]2(C(=O)O)C1. The highest BCUT2D eigenvalue weighted by atomic mass is 19.1. The molecule has 2 aromatic rings. The van der Waals surface area contributed by atoms with E-state index in [4.69, 9.17) is 4.74 Å². The molecule has 7 nitrogen and oxygen atoms in total. The molecule has 0 bridgehead atoms. The summed E-state index contributed by atoms with van der Waals surface area (Å²) in [7, 11) is 0. The monoisotopic (exact) mass is 373 g/mol. The zero-order chi connectivity index (χ0) is 19.2. The summed E-state index contributed by atoms with van der Waals surface area (Å²) in [6, 6.07) is 5.82. The predicted molar refractivity (Wildman–Crippen MR) is 93.2 cm³/mol. The molecule has 2 atom stereocenters. The Bertz CT molecular complexity index is 895. The number of aliphatic carboxylic acids is 1. The van der Waals surface area contributed by atoms with Crippen molar-refractivity contribution in [3.63, 3.8) is 0 Å². The van der Waals surface area contributed by atoms with Gasteiger partial charge in [-0.3, -0.25) is 9.59 Å². The van der Waals surface area contributed by atoms with E-state index in [1.54, 1.807) is 30.2 Å². The number of carbonyl (C=O) groups excluding carboxylic acids is 1. The van der Waals surface area contributed by atoms with Crippen molar-refractivity contribution >= 4 is 11.9 Å². The molecular formula is C19H20FN3O4. The van der Waals surface area contributed by atoms with Gasteiger partial charge >= 0.3 is 5.97 Å². The molecule has 1 N–H and O–H groups in total. The van der Waals surface area contributed by atoms with Crippen molar-refractivity contribution in [1.29, 1.82) is 0 Å². The standard InChI is InChI=1S/C19H20FN3O4/c1-12-8-23(15-4-2-14(20)3-5-15)21-16(12)17(24)22-9-13-10-27-7-6-19(13,11-22)18(25)26/h2-5,8,13H,6-7,9-11H2,1H3,(H,25,26)/t13-,19+/m0/s1. The van der Waals surface area contributed by atoms with Gasteiger partial charge < -0.3 is 14.7 Å². The number of carbonyl (C=O) groups is 2. The molecule has 2 aliphatic heterocycles. The Hall–Kier alpha value is -2.74. The van der Waals surface area contributed by atoms with Crippen molar-refractivity contribution in [2.24, 2.45) is 11.3 Å². The first-order valence-corrected chi connectivity index (χ1v) is 8.83. The number of ether oxygens (including phenoxy) is 1. The number of rotatable bonds is 3. The van der Waals surface area contributed by atoms with Crippen molar-refractivity contribution in [3.05, 3.63) is 47.5 Å². The lowest BCUT2D eigenvalue weighted by atomic mass is 9.74. The number of aromatic nitrogens is 2. The highest BCUT2D eigenvalue weighted by Crippen LogP contribution is 2.42. The van der Waals surface area contributed by atoms with Gasteiger partial charge in [0, 0.05) is 37.4 Å². The van der Waals surface area contributed by atoms with Gasteiger partial charge in [0.15, 0.2) is 5.69 Å². The van der Waals surface area contributed by atoms with Gasteiger partial charge in [0.2, 0.25) is 0 Å². The van der Waals surface area contributed by atoms with Crippen molar-refractivity contribution in [3.8, 4) is 5.69 Å². The van der Waals surface area contributed by atoms with E-state index in [1.165, 1.54) is 16.8 Å². The molecule has 0 unspecified atom stereocenters. The summed E-state index contributed by atoms with van der Waals surface area (Å²) in [5.74, 6) is -1.73. The van der Waals surface area contributed by atoms with E-state index < -0.39 is 11.4 Å². The lowest BCUT2D eigenvalue weighted by molar-refractivity contribution is -0.157. The Morgan fingerprint density at radius 1 is 1.33 bits per heavy atom. The Kier molecular flexibility index (Phi) is 4.22. The third kappa shape index (κ3) is 2.90. The van der Waals surface area contributed by atoms with Gasteiger partial charge in [-0.1, -0.05) is 0 Å². The van der Waals surface area contributed by atoms with E-state index >= 15 is 0 Å². The topological polar surface area (TPSA) is 84.7 Å². The third-order valence-electron chi connectivity index (χ3n) is 5.61. The minimum atomic E-state index is -0.943. The van der Waals surface area contributed by atoms with Crippen LogP contribution in [0.5, 0.6) is 0 Å². The van der Waals surface area contributed by atoms with Gasteiger partial charge in [-0.2, -0.15) is 5.10 Å². The summed E-state index contributed by atoms with van der Waals surface area (Å²) in [6.07, 6.45) is 2.11. The first-order chi connectivity index (χ1) is 12.9. The number of nitrogens with zero attached hydrogens (tertiary/aromatic N) is 3. The number of benzene rings is 1. The van der Waals surface area contributed by atoms with Crippen molar-refractivity contribution in [2.75, 3.05) is 26.3 Å². The van der Waals surface area contributed by atoms with Gasteiger partial charge in [0.05, 0.1) is 17.7 Å². The number of hydrogen-bond donors (Lipinski definition) is 1. The van der Waals surface area contributed by atoms with E-state index in [1.807, 2.05) is 0 Å². The van der Waals surface area contributed by atoms with Crippen molar-refractivity contribution in [1.82, 2.24) is 14.7 Å². The average molecular weight is 373 g/mol. The quantitative estimate of drug-likeness (QED) is 0.888. The molecule has 27 heavy (non-hydrogen) atoms. The van der Waals surface area contributed by atoms with Crippen LogP contribution in [0.2, 0.25) is 0 Å². The number of halogens is 1. The summed E-state index contributed by atoms with van der Waals surface area (Å²) in [5.41, 5.74) is 0.657. The second kappa shape index (κ2) is 6.45. The van der Waals surface area contributed by atoms with Crippen LogP contribution in [0.3, 0.4) is 0 Å². The largest absolute Gasteiger partial charge is 0.481 e. The Labute approximate surface area is 155 Å². The molecule has 8 heteroatoms. The van der Waals surface area contributed by atoms with Crippen LogP contribution in [0.25, 0.3) is 5.69 Å². The van der Waals surface area contributed by atoms with Gasteiger partial charge in [-0.05, 0) is 37.6 Å². The predicted octanol–water partition coefficient (Wildman–Crippen LogP) is 1.88. The maximum absolute atomic E-state index is 13.1. The first kappa shape index (κ1) is 17.7. The maximum atomic E-state index is 13.1. The number of hydrogen-bond acceptors (Lipinski definition) is 4. The van der Waals surface area contributed by atoms with Crippen LogP contribution in [0.15, 0.2) is 30.5 Å². The molecule has 0 saturated carbocycles. The number of amides is 1. The van der Waals surface area contributed by atoms with Crippen LogP contribution in [0.1, 0.15) is 22.5 Å². The Morgan fingerprint density at radius 3 is 2.74 bits per heavy atom. The average Bonchev–Trinajstić information content (AvgIpc) is 3.23. The fourth-order valence-electron chi connectivity index (χ4n) is 4.00. The lowest BCUT2D eigenvalue weighted by Gasteiger charge is -2.33. The van der Waals surface area contributed by atoms with Crippen molar-refractivity contribution in [2.45, 2.75) is 13.3 Å². The second-order valence-corrected chi connectivity index (χ2v) is 7.25. The summed E-state index contributed by atoms with van der Waals surface area (Å²) in [5, 5.41) is 14.1. The number of likely N-dealkylation sites (tertiary alicyclic amines) is 1. The van der Waals surface area contributed by atoms with Gasteiger partial charge in [-0.15, -0.1) is 0 Å². The smallest absolute Gasteiger partial charge is 0.311 e. The van der Waals surface area contributed by atoms with E-state index in [9.17, 15) is 19.1 Å². The molecule has 2 saturated heterocycles. The summed E-state index contributed by atoms with van der Waals surface area (Å²) < 4.78 is 20.1. The van der Waals surface area contributed by atoms with Gasteiger partial charge in [0.1, 0.15) is 5.82 Å². The molecule has 1 aromatic carbocycles. The number of carboxylic acid groups (broad SMARTS) is 1. The van der Waals surface area contributed by atoms with Crippen LogP contribution in [-0.2, 0) is 9.53 Å². The lowest BCUT2D eigenvalue weighted by Crippen LogP contribution is -2.45.